The number of thiazole rings is 1. The molecule has 2 amide bonds. The summed E-state index contributed by atoms with van der Waals surface area (Å²) in [5.41, 5.74) is 2.39. The number of benzene rings is 1. The van der Waals surface area contributed by atoms with Crippen molar-refractivity contribution in [3.05, 3.63) is 41.1 Å². The highest BCUT2D eigenvalue weighted by molar-refractivity contribution is 7.22. The summed E-state index contributed by atoms with van der Waals surface area (Å²) in [4.78, 5) is 35.8. The summed E-state index contributed by atoms with van der Waals surface area (Å²) in [5.74, 6) is -0.241. The van der Waals surface area contributed by atoms with E-state index >= 15 is 0 Å². The fourth-order valence-electron chi connectivity index (χ4n) is 5.03. The highest BCUT2D eigenvalue weighted by Crippen LogP contribution is 2.34. The number of nitrogens with one attached hydrogen (secondary N) is 1. The zero-order chi connectivity index (χ0) is 24.7. The molecule has 0 aliphatic carbocycles. The van der Waals surface area contributed by atoms with Gasteiger partial charge in [0.05, 0.1) is 5.54 Å². The maximum atomic E-state index is 13.8. The maximum absolute atomic E-state index is 13.8. The number of rotatable bonds is 5. The van der Waals surface area contributed by atoms with Gasteiger partial charge in [-0.15, -0.1) is 0 Å². The molecular weight excluding hydrogens is 460 g/mol. The Kier molecular flexibility index (Phi) is 6.40. The van der Waals surface area contributed by atoms with E-state index in [1.165, 1.54) is 24.2 Å². The molecule has 0 unspecified atom stereocenters. The number of hydrogen-bond acceptors (Lipinski definition) is 6. The summed E-state index contributed by atoms with van der Waals surface area (Å²) in [7, 11) is 0. The third-order valence-corrected chi connectivity index (χ3v) is 7.87. The first-order chi connectivity index (χ1) is 16.7. The molecule has 35 heavy (non-hydrogen) atoms. The molecule has 4 heterocycles. The highest BCUT2D eigenvalue weighted by Gasteiger charge is 2.35. The molecule has 2 aliphatic rings. The minimum atomic E-state index is -0.358. The molecule has 2 fully saturated rings. The van der Waals surface area contributed by atoms with Crippen LogP contribution in [0.2, 0.25) is 0 Å². The van der Waals surface area contributed by atoms with Crippen LogP contribution in [0.25, 0.3) is 10.3 Å². The lowest BCUT2D eigenvalue weighted by molar-refractivity contribution is 0.0703. The minimum Gasteiger partial charge on any atom is -0.333 e. The van der Waals surface area contributed by atoms with Crippen molar-refractivity contribution in [1.82, 2.24) is 24.6 Å². The second-order valence-electron chi connectivity index (χ2n) is 10.7. The lowest BCUT2D eigenvalue weighted by Crippen LogP contribution is -2.42. The smallest absolute Gasteiger partial charge is 0.276 e. The maximum Gasteiger partial charge on any atom is 0.276 e. The van der Waals surface area contributed by atoms with Gasteiger partial charge in [0, 0.05) is 24.7 Å². The molecule has 3 aromatic rings. The number of carbonyl (C=O) groups is 2. The Morgan fingerprint density at radius 3 is 2.49 bits per heavy atom. The first-order valence-electron chi connectivity index (χ1n) is 12.5. The quantitative estimate of drug-likeness (QED) is 0.564. The van der Waals surface area contributed by atoms with E-state index in [0.29, 0.717) is 22.0 Å². The van der Waals surface area contributed by atoms with E-state index in [0.717, 1.165) is 49.3 Å². The van der Waals surface area contributed by atoms with Gasteiger partial charge in [-0.25, -0.2) is 4.68 Å². The van der Waals surface area contributed by atoms with E-state index < -0.39 is 0 Å². The van der Waals surface area contributed by atoms with Crippen LogP contribution in [0, 0.1) is 6.92 Å². The molecule has 186 valence electrons. The van der Waals surface area contributed by atoms with E-state index in [-0.39, 0.29) is 23.4 Å². The van der Waals surface area contributed by atoms with Crippen molar-refractivity contribution in [2.24, 2.45) is 0 Å². The van der Waals surface area contributed by atoms with Gasteiger partial charge in [-0.3, -0.25) is 14.9 Å². The summed E-state index contributed by atoms with van der Waals surface area (Å²) in [5, 5.41) is 8.16. The van der Waals surface area contributed by atoms with Crippen LogP contribution in [-0.4, -0.2) is 68.6 Å². The zero-order valence-electron chi connectivity index (χ0n) is 21.0. The van der Waals surface area contributed by atoms with Gasteiger partial charge in [0.15, 0.2) is 16.5 Å². The van der Waals surface area contributed by atoms with Gasteiger partial charge in [-0.05, 0) is 78.6 Å². The fourth-order valence-corrected chi connectivity index (χ4v) is 5.95. The molecule has 0 saturated carbocycles. The lowest BCUT2D eigenvalue weighted by Gasteiger charge is -2.28. The monoisotopic (exact) mass is 494 g/mol. The second kappa shape index (κ2) is 9.35. The summed E-state index contributed by atoms with van der Waals surface area (Å²) in [6.45, 7) is 12.1. The minimum absolute atomic E-state index is 0.0280. The number of carbonyl (C=O) groups excluding carboxylic acids is 2. The van der Waals surface area contributed by atoms with Crippen molar-refractivity contribution >= 4 is 38.6 Å². The van der Waals surface area contributed by atoms with Crippen molar-refractivity contribution in [3.63, 3.8) is 0 Å². The summed E-state index contributed by atoms with van der Waals surface area (Å²) in [6, 6.07) is 7.66. The SMILES string of the molecule is Cc1ccc(C(=O)Nc2nc3c(s2)c(C(=O)N2CCC[C@H]2CN2CCCC2)nn3C(C)(C)C)cc1. The molecule has 2 aliphatic heterocycles. The number of likely N-dealkylation sites (tertiary alicyclic amines) is 2. The van der Waals surface area contributed by atoms with Gasteiger partial charge in [-0.1, -0.05) is 29.0 Å². The predicted molar refractivity (Wildman–Crippen MR) is 139 cm³/mol. The van der Waals surface area contributed by atoms with Gasteiger partial charge in [0.2, 0.25) is 0 Å². The first kappa shape index (κ1) is 23.9. The Hall–Kier alpha value is -2.78. The lowest BCUT2D eigenvalue weighted by atomic mass is 10.1. The Bertz CT molecular complexity index is 1230. The molecule has 0 spiro atoms. The Morgan fingerprint density at radius 2 is 1.80 bits per heavy atom. The molecule has 5 rings (SSSR count). The van der Waals surface area contributed by atoms with Crippen molar-refractivity contribution < 1.29 is 9.59 Å². The van der Waals surface area contributed by atoms with Crippen LogP contribution in [0.1, 0.15) is 72.9 Å². The molecule has 8 nitrogen and oxygen atoms in total. The normalized spacial score (nSPS) is 19.1. The van der Waals surface area contributed by atoms with Gasteiger partial charge in [0.25, 0.3) is 11.8 Å². The van der Waals surface area contributed by atoms with Gasteiger partial charge >= 0.3 is 0 Å². The van der Waals surface area contributed by atoms with E-state index in [1.807, 2.05) is 49.4 Å². The number of aromatic nitrogens is 3. The van der Waals surface area contributed by atoms with Gasteiger partial charge < -0.3 is 9.80 Å². The Morgan fingerprint density at radius 1 is 1.09 bits per heavy atom. The molecule has 2 saturated heterocycles. The molecule has 1 N–H and O–H groups in total. The van der Waals surface area contributed by atoms with Crippen LogP contribution in [0.4, 0.5) is 5.13 Å². The van der Waals surface area contributed by atoms with Gasteiger partial charge in [-0.2, -0.15) is 10.1 Å². The van der Waals surface area contributed by atoms with Crippen molar-refractivity contribution in [2.45, 2.75) is 65.0 Å². The first-order valence-corrected chi connectivity index (χ1v) is 13.3. The van der Waals surface area contributed by atoms with Crippen LogP contribution >= 0.6 is 11.3 Å². The average Bonchev–Trinajstić information content (AvgIpc) is 3.58. The molecule has 0 bridgehead atoms. The van der Waals surface area contributed by atoms with Crippen LogP contribution < -0.4 is 5.32 Å². The van der Waals surface area contributed by atoms with E-state index in [4.69, 9.17) is 10.1 Å². The van der Waals surface area contributed by atoms with E-state index in [2.05, 4.69) is 10.2 Å². The molecule has 1 aromatic carbocycles. The summed E-state index contributed by atoms with van der Waals surface area (Å²) >= 11 is 1.32. The molecule has 2 aromatic heterocycles. The topological polar surface area (TPSA) is 83.4 Å². The number of hydrogen-bond donors (Lipinski definition) is 1. The fraction of sp³-hybridized carbons (Fsp3) is 0.538. The van der Waals surface area contributed by atoms with Crippen molar-refractivity contribution in [1.29, 1.82) is 0 Å². The number of nitrogens with zero attached hydrogens (tertiary/aromatic N) is 5. The third kappa shape index (κ3) is 4.84. The number of anilines is 1. The highest BCUT2D eigenvalue weighted by atomic mass is 32.1. The van der Waals surface area contributed by atoms with Crippen molar-refractivity contribution in [3.8, 4) is 0 Å². The standard InChI is InChI=1S/C26H34N6O2S/c1-17-9-11-18(12-10-17)23(33)28-25-27-22-21(35-25)20(29-32(22)26(2,3)4)24(34)31-15-7-8-19(31)16-30-13-5-6-14-30/h9-12,19H,5-8,13-16H2,1-4H3,(H,27,28,33)/t19-/m0/s1. The molecule has 9 heteroatoms. The molecule has 0 radical (unpaired) electrons. The zero-order valence-corrected chi connectivity index (χ0v) is 21.8. The number of aryl methyl sites for hydroxylation is 1. The average molecular weight is 495 g/mol. The van der Waals surface area contributed by atoms with Crippen LogP contribution in [0.5, 0.6) is 0 Å². The Balaban J connectivity index is 1.44. The van der Waals surface area contributed by atoms with Crippen LogP contribution in [0.15, 0.2) is 24.3 Å². The second-order valence-corrected chi connectivity index (χ2v) is 11.7. The third-order valence-electron chi connectivity index (χ3n) is 6.90. The van der Waals surface area contributed by atoms with Crippen LogP contribution in [-0.2, 0) is 5.54 Å². The van der Waals surface area contributed by atoms with Gasteiger partial charge in [0.1, 0.15) is 4.70 Å². The van der Waals surface area contributed by atoms with Crippen molar-refractivity contribution in [2.75, 3.05) is 31.5 Å². The summed E-state index contributed by atoms with van der Waals surface area (Å²) in [6.07, 6.45) is 4.55. The summed E-state index contributed by atoms with van der Waals surface area (Å²) < 4.78 is 2.55. The largest absolute Gasteiger partial charge is 0.333 e. The molecular formula is C26H34N6O2S. The van der Waals surface area contributed by atoms with Crippen LogP contribution in [0.3, 0.4) is 0 Å². The van der Waals surface area contributed by atoms with E-state index in [9.17, 15) is 9.59 Å². The molecule has 1 atom stereocenters. The predicted octanol–water partition coefficient (Wildman–Crippen LogP) is 4.51. The Labute approximate surface area is 210 Å². The number of amides is 2. The number of fused-ring (bicyclic) bond motifs is 1. The van der Waals surface area contributed by atoms with E-state index in [1.54, 1.807) is 12.1 Å².